The third-order valence-corrected chi connectivity index (χ3v) is 4.74. The molecule has 0 saturated carbocycles. The van der Waals surface area contributed by atoms with Crippen LogP contribution in [0.5, 0.6) is 0 Å². The van der Waals surface area contributed by atoms with E-state index in [1.807, 2.05) is 25.5 Å². The van der Waals surface area contributed by atoms with Crippen molar-refractivity contribution < 1.29 is 14.3 Å². The molecule has 0 spiro atoms. The minimum Gasteiger partial charge on any atom is -0.444 e. The van der Waals surface area contributed by atoms with Gasteiger partial charge in [-0.15, -0.1) is 0 Å². The molecule has 2 aliphatic heterocycles. The summed E-state index contributed by atoms with van der Waals surface area (Å²) in [5.74, 6) is 1.19. The fraction of sp³-hybridized carbons (Fsp3) is 0.700. The van der Waals surface area contributed by atoms with Crippen LogP contribution in [0.1, 0.15) is 76.7 Å². The van der Waals surface area contributed by atoms with E-state index in [9.17, 15) is 9.59 Å². The first-order valence-corrected chi connectivity index (χ1v) is 9.79. The zero-order valence-electron chi connectivity index (χ0n) is 17.0. The molecule has 1 aromatic rings. The number of Topliss-reactive ketones (excluding diaryl/α,β-unsaturated/α-hetero) is 1. The van der Waals surface area contributed by atoms with Crippen LogP contribution in [0.3, 0.4) is 0 Å². The summed E-state index contributed by atoms with van der Waals surface area (Å²) in [7, 11) is 0. The quantitative estimate of drug-likeness (QED) is 0.796. The Morgan fingerprint density at radius 2 is 2.11 bits per heavy atom. The molecule has 7 nitrogen and oxygen atoms in total. The number of ether oxygens (including phenoxy) is 1. The maximum absolute atomic E-state index is 12.5. The summed E-state index contributed by atoms with van der Waals surface area (Å²) in [6, 6.07) is 0.00460. The number of rotatable bonds is 3. The van der Waals surface area contributed by atoms with Crippen LogP contribution < -0.4 is 0 Å². The van der Waals surface area contributed by atoms with E-state index in [4.69, 9.17) is 9.73 Å². The highest BCUT2D eigenvalue weighted by Gasteiger charge is 2.32. The summed E-state index contributed by atoms with van der Waals surface area (Å²) >= 11 is 0. The van der Waals surface area contributed by atoms with Crippen molar-refractivity contribution in [1.29, 1.82) is 0 Å². The second kappa shape index (κ2) is 7.44. The van der Waals surface area contributed by atoms with Crippen molar-refractivity contribution in [2.24, 2.45) is 10.9 Å². The number of hydrogen-bond donors (Lipinski definition) is 0. The molecular formula is C20H30N4O3. The number of nitrogens with zero attached hydrogens (tertiary/aromatic N) is 4. The van der Waals surface area contributed by atoms with Gasteiger partial charge in [-0.1, -0.05) is 13.8 Å². The van der Waals surface area contributed by atoms with Crippen LogP contribution in [0.25, 0.3) is 0 Å². The summed E-state index contributed by atoms with van der Waals surface area (Å²) in [6.07, 6.45) is 4.29. The maximum Gasteiger partial charge on any atom is 0.410 e. The van der Waals surface area contributed by atoms with Crippen LogP contribution in [0.4, 0.5) is 10.6 Å². The van der Waals surface area contributed by atoms with Crippen LogP contribution in [-0.2, 0) is 4.74 Å². The molecule has 0 bridgehead atoms. The Morgan fingerprint density at radius 3 is 2.78 bits per heavy atom. The fourth-order valence-corrected chi connectivity index (χ4v) is 3.64. The second-order valence-corrected chi connectivity index (χ2v) is 8.92. The molecule has 1 aromatic heterocycles. The van der Waals surface area contributed by atoms with E-state index in [0.717, 1.165) is 25.0 Å². The van der Waals surface area contributed by atoms with Crippen molar-refractivity contribution in [3.05, 3.63) is 11.8 Å². The Balaban J connectivity index is 1.81. The molecule has 1 fully saturated rings. The maximum atomic E-state index is 12.5. The minimum atomic E-state index is -0.517. The number of aromatic nitrogens is 2. The number of carbonyl (C=O) groups is 2. The van der Waals surface area contributed by atoms with Gasteiger partial charge in [0.2, 0.25) is 0 Å². The van der Waals surface area contributed by atoms with Crippen LogP contribution in [-0.4, -0.2) is 51.0 Å². The molecular weight excluding hydrogens is 344 g/mol. The van der Waals surface area contributed by atoms with E-state index in [0.29, 0.717) is 36.8 Å². The van der Waals surface area contributed by atoms with E-state index in [2.05, 4.69) is 18.9 Å². The molecule has 1 unspecified atom stereocenters. The number of fused-ring (bicyclic) bond motifs is 1. The van der Waals surface area contributed by atoms with E-state index < -0.39 is 5.60 Å². The number of ketones is 1. The SMILES string of the molecule is CC(C)CC1=Nc2c(cnn2C2CCCN(C(=O)OC(C)(C)C)C2)C(=O)C1. The van der Waals surface area contributed by atoms with Crippen molar-refractivity contribution in [2.75, 3.05) is 13.1 Å². The Morgan fingerprint density at radius 1 is 1.37 bits per heavy atom. The van der Waals surface area contributed by atoms with Crippen LogP contribution >= 0.6 is 0 Å². The molecule has 0 aliphatic carbocycles. The van der Waals surface area contributed by atoms with Gasteiger partial charge in [0.15, 0.2) is 11.6 Å². The molecule has 0 N–H and O–H groups in total. The molecule has 3 heterocycles. The number of piperidine rings is 1. The van der Waals surface area contributed by atoms with E-state index in [-0.39, 0.29) is 17.9 Å². The van der Waals surface area contributed by atoms with Gasteiger partial charge in [-0.3, -0.25) is 4.79 Å². The van der Waals surface area contributed by atoms with Crippen LogP contribution in [0.2, 0.25) is 0 Å². The molecule has 1 amide bonds. The van der Waals surface area contributed by atoms with Gasteiger partial charge in [0.1, 0.15) is 5.60 Å². The highest BCUT2D eigenvalue weighted by atomic mass is 16.6. The third kappa shape index (κ3) is 4.57. The van der Waals surface area contributed by atoms with E-state index >= 15 is 0 Å². The summed E-state index contributed by atoms with van der Waals surface area (Å²) < 4.78 is 7.35. The fourth-order valence-electron chi connectivity index (χ4n) is 3.64. The van der Waals surface area contributed by atoms with Gasteiger partial charge in [0.05, 0.1) is 17.8 Å². The first-order valence-electron chi connectivity index (χ1n) is 9.79. The van der Waals surface area contributed by atoms with Gasteiger partial charge in [-0.2, -0.15) is 5.10 Å². The lowest BCUT2D eigenvalue weighted by atomic mass is 9.97. The van der Waals surface area contributed by atoms with Gasteiger partial charge in [-0.05, 0) is 46.0 Å². The Bertz CT molecular complexity index is 758. The molecule has 0 radical (unpaired) electrons. The van der Waals surface area contributed by atoms with E-state index in [1.54, 1.807) is 11.1 Å². The summed E-state index contributed by atoms with van der Waals surface area (Å²) in [6.45, 7) is 11.0. The van der Waals surface area contributed by atoms with Crippen molar-refractivity contribution in [3.8, 4) is 0 Å². The molecule has 7 heteroatoms. The Kier molecular flexibility index (Phi) is 5.40. The first kappa shape index (κ1) is 19.6. The largest absolute Gasteiger partial charge is 0.444 e. The minimum absolute atomic E-state index is 0.00460. The van der Waals surface area contributed by atoms with Crippen molar-refractivity contribution in [1.82, 2.24) is 14.7 Å². The Labute approximate surface area is 160 Å². The first-order chi connectivity index (χ1) is 12.6. The average Bonchev–Trinajstić information content (AvgIpc) is 2.97. The molecule has 0 aromatic carbocycles. The van der Waals surface area contributed by atoms with Crippen LogP contribution in [0.15, 0.2) is 11.2 Å². The standard InChI is InChI=1S/C20H30N4O3/c1-13(2)9-14-10-17(25)16-11-21-24(18(16)22-14)15-7-6-8-23(12-15)19(26)27-20(3,4)5/h11,13,15H,6-10,12H2,1-5H3. The molecule has 27 heavy (non-hydrogen) atoms. The summed E-state index contributed by atoms with van der Waals surface area (Å²) in [5, 5.41) is 4.46. The highest BCUT2D eigenvalue weighted by molar-refractivity contribution is 6.15. The molecule has 1 atom stereocenters. The molecule has 2 aliphatic rings. The van der Waals surface area contributed by atoms with Gasteiger partial charge in [0.25, 0.3) is 0 Å². The second-order valence-electron chi connectivity index (χ2n) is 8.92. The lowest BCUT2D eigenvalue weighted by Gasteiger charge is -2.34. The van der Waals surface area contributed by atoms with Gasteiger partial charge in [-0.25, -0.2) is 14.5 Å². The zero-order chi connectivity index (χ0) is 19.8. The lowest BCUT2D eigenvalue weighted by Crippen LogP contribution is -2.43. The number of amides is 1. The van der Waals surface area contributed by atoms with Crippen molar-refractivity contribution in [2.45, 2.75) is 71.9 Å². The molecule has 1 saturated heterocycles. The highest BCUT2D eigenvalue weighted by Crippen LogP contribution is 2.33. The smallest absolute Gasteiger partial charge is 0.410 e. The van der Waals surface area contributed by atoms with Crippen LogP contribution in [0, 0.1) is 5.92 Å². The van der Waals surface area contributed by atoms with E-state index in [1.165, 1.54) is 0 Å². The van der Waals surface area contributed by atoms with Gasteiger partial charge < -0.3 is 9.64 Å². The monoisotopic (exact) mass is 374 g/mol. The summed E-state index contributed by atoms with van der Waals surface area (Å²) in [4.78, 5) is 31.4. The predicted molar refractivity (Wildman–Crippen MR) is 104 cm³/mol. The molecule has 3 rings (SSSR count). The average molecular weight is 374 g/mol. The van der Waals surface area contributed by atoms with Crippen molar-refractivity contribution >= 4 is 23.4 Å². The molecule has 148 valence electrons. The number of carbonyl (C=O) groups excluding carboxylic acids is 2. The van der Waals surface area contributed by atoms with Gasteiger partial charge in [0, 0.05) is 25.2 Å². The van der Waals surface area contributed by atoms with Gasteiger partial charge >= 0.3 is 6.09 Å². The summed E-state index contributed by atoms with van der Waals surface area (Å²) in [5.41, 5.74) is 0.998. The topological polar surface area (TPSA) is 76.8 Å². The Hall–Kier alpha value is -2.18. The number of hydrogen-bond acceptors (Lipinski definition) is 5. The third-order valence-electron chi connectivity index (χ3n) is 4.74. The number of likely N-dealkylation sites (tertiary alicyclic amines) is 1. The van der Waals surface area contributed by atoms with Crippen molar-refractivity contribution in [3.63, 3.8) is 0 Å². The normalized spacial score (nSPS) is 20.5. The predicted octanol–water partition coefficient (Wildman–Crippen LogP) is 4.16. The zero-order valence-corrected chi connectivity index (χ0v) is 17.0. The number of aliphatic imine (C=N–C) groups is 1. The lowest BCUT2D eigenvalue weighted by molar-refractivity contribution is 0.0168.